The molecule has 0 radical (unpaired) electrons. The molecule has 0 aromatic heterocycles. The van der Waals surface area contributed by atoms with E-state index in [1.54, 1.807) is 0 Å². The van der Waals surface area contributed by atoms with Crippen molar-refractivity contribution in [2.24, 2.45) is 0 Å². The molecule has 2 aliphatic heterocycles. The minimum atomic E-state index is -0.875. The summed E-state index contributed by atoms with van der Waals surface area (Å²) < 4.78 is 12.4. The number of rotatable bonds is 4. The topological polar surface area (TPSA) is 18.5 Å². The fraction of sp³-hybridized carbons (Fsp3) is 1.00. The maximum absolute atomic E-state index is 6.82. The molecular weight excluding hydrogens is 292 g/mol. The molecule has 0 spiro atoms. The zero-order valence-corrected chi connectivity index (χ0v) is 16.6. The summed E-state index contributed by atoms with van der Waals surface area (Å²) >= 11 is 6.82. The van der Waals surface area contributed by atoms with Gasteiger partial charge in [0, 0.05) is 23.5 Å². The van der Waals surface area contributed by atoms with Crippen LogP contribution in [-0.2, 0) is 9.47 Å². The molecule has 0 saturated carbocycles. The first-order valence-corrected chi connectivity index (χ1v) is 12.2. The van der Waals surface area contributed by atoms with Crippen LogP contribution in [-0.4, -0.2) is 48.1 Å². The van der Waals surface area contributed by atoms with Crippen LogP contribution in [0.4, 0.5) is 0 Å². The van der Waals surface area contributed by atoms with E-state index in [0.29, 0.717) is 0 Å². The number of ether oxygens (including phenoxy) is 2. The van der Waals surface area contributed by atoms with Gasteiger partial charge in [-0.25, -0.2) is 0 Å². The highest BCUT2D eigenvalue weighted by atomic mass is 35.5. The van der Waals surface area contributed by atoms with Crippen LogP contribution in [0.15, 0.2) is 0 Å². The van der Waals surface area contributed by atoms with Gasteiger partial charge in [-0.15, -0.1) is 11.6 Å². The van der Waals surface area contributed by atoms with Crippen molar-refractivity contribution in [1.82, 2.24) is 0 Å². The number of alkyl halides is 1. The summed E-state index contributed by atoms with van der Waals surface area (Å²) in [5.74, 6) is 0. The van der Waals surface area contributed by atoms with Crippen LogP contribution < -0.4 is 0 Å². The Hall–Kier alpha value is 0.644. The quantitative estimate of drug-likeness (QED) is 0.584. The van der Waals surface area contributed by atoms with Crippen molar-refractivity contribution >= 4 is 30.6 Å². The third-order valence-electron chi connectivity index (χ3n) is 5.12. The number of hydrogen-bond acceptors (Lipinski definition) is 2. The Morgan fingerprint density at radius 3 is 2.21 bits per heavy atom. The zero-order chi connectivity index (χ0) is 13.9. The number of halogens is 1. The molecule has 2 fully saturated rings. The van der Waals surface area contributed by atoms with E-state index in [2.05, 4.69) is 13.1 Å². The van der Waals surface area contributed by atoms with Crippen molar-refractivity contribution in [3.8, 4) is 0 Å². The second-order valence-electron chi connectivity index (χ2n) is 6.81. The molecule has 5 heteroatoms. The normalized spacial score (nSPS) is 38.5. The van der Waals surface area contributed by atoms with Crippen LogP contribution in [0.3, 0.4) is 0 Å². The summed E-state index contributed by atoms with van der Waals surface area (Å²) in [6, 6.07) is 0. The van der Waals surface area contributed by atoms with Gasteiger partial charge in [-0.05, 0) is 44.9 Å². The van der Waals surface area contributed by atoms with E-state index >= 15 is 0 Å². The fourth-order valence-corrected chi connectivity index (χ4v) is 6.73. The molecule has 0 N–H and O–H groups in total. The van der Waals surface area contributed by atoms with E-state index < -0.39 is 8.80 Å². The van der Waals surface area contributed by atoms with Gasteiger partial charge in [0.15, 0.2) is 0 Å². The molecular formula is C14H29ClO2Si2. The van der Waals surface area contributed by atoms with Gasteiger partial charge < -0.3 is 9.47 Å². The summed E-state index contributed by atoms with van der Waals surface area (Å²) in [5, 5.41) is 0.271. The second-order valence-corrected chi connectivity index (χ2v) is 12.4. The minimum absolute atomic E-state index is 0.00307. The first-order valence-electron chi connectivity index (χ1n) is 7.90. The average molecular weight is 321 g/mol. The van der Waals surface area contributed by atoms with Crippen LogP contribution in [0.5, 0.6) is 0 Å². The SMILES string of the molecule is C[SiH](C)C1(CC(Cl)C2([SiH3])CCCCO2)CCCCO1. The molecule has 0 amide bonds. The van der Waals surface area contributed by atoms with Gasteiger partial charge in [0.05, 0.1) is 24.6 Å². The maximum atomic E-state index is 6.82. The van der Waals surface area contributed by atoms with Gasteiger partial charge in [-0.2, -0.15) is 0 Å². The predicted molar refractivity (Wildman–Crippen MR) is 88.1 cm³/mol. The van der Waals surface area contributed by atoms with Gasteiger partial charge in [-0.1, -0.05) is 13.1 Å². The Kier molecular flexibility index (Phi) is 5.57. The lowest BCUT2D eigenvalue weighted by Gasteiger charge is -2.46. The molecule has 3 atom stereocenters. The van der Waals surface area contributed by atoms with E-state index in [9.17, 15) is 0 Å². The van der Waals surface area contributed by atoms with Gasteiger partial charge in [0.1, 0.15) is 0 Å². The standard InChI is InChI=1S/C14H29ClO2Si2/c1-19(2)13(7-3-5-9-16-13)11-12(15)14(18)8-4-6-10-17-14/h12,19H,3-11H2,1-2,18H3. The molecule has 0 aromatic carbocycles. The van der Waals surface area contributed by atoms with E-state index in [-0.39, 0.29) is 15.8 Å². The van der Waals surface area contributed by atoms with E-state index in [4.69, 9.17) is 21.1 Å². The molecule has 0 aliphatic carbocycles. The van der Waals surface area contributed by atoms with Crippen molar-refractivity contribution in [3.63, 3.8) is 0 Å². The Bertz CT molecular complexity index is 287. The van der Waals surface area contributed by atoms with Crippen LogP contribution in [0, 0.1) is 0 Å². The maximum Gasteiger partial charge on any atom is 0.0696 e. The van der Waals surface area contributed by atoms with E-state index in [1.807, 2.05) is 0 Å². The van der Waals surface area contributed by atoms with Crippen molar-refractivity contribution in [2.45, 2.75) is 73.9 Å². The monoisotopic (exact) mass is 320 g/mol. The molecule has 2 saturated heterocycles. The Morgan fingerprint density at radius 2 is 1.74 bits per heavy atom. The van der Waals surface area contributed by atoms with Gasteiger partial charge in [0.25, 0.3) is 0 Å². The van der Waals surface area contributed by atoms with Crippen LogP contribution >= 0.6 is 11.6 Å². The molecule has 3 unspecified atom stereocenters. The lowest BCUT2D eigenvalue weighted by Crippen LogP contribution is -2.54. The summed E-state index contributed by atoms with van der Waals surface area (Å²) in [7, 11) is 0.158. The molecule has 2 nitrogen and oxygen atoms in total. The van der Waals surface area contributed by atoms with Crippen LogP contribution in [0.2, 0.25) is 13.1 Å². The molecule has 2 heterocycles. The third-order valence-corrected chi connectivity index (χ3v) is 10.4. The Balaban J connectivity index is 2.03. The lowest BCUT2D eigenvalue weighted by molar-refractivity contribution is -0.0588. The smallest absolute Gasteiger partial charge is 0.0696 e. The van der Waals surface area contributed by atoms with Crippen LogP contribution in [0.25, 0.3) is 0 Å². The van der Waals surface area contributed by atoms with Crippen molar-refractivity contribution in [2.75, 3.05) is 13.2 Å². The molecule has 0 bridgehead atoms. The summed E-state index contributed by atoms with van der Waals surface area (Å²) in [6.45, 7) is 6.66. The average Bonchev–Trinajstić information content (AvgIpc) is 2.40. The van der Waals surface area contributed by atoms with Gasteiger partial charge >= 0.3 is 0 Å². The predicted octanol–water partition coefficient (Wildman–Crippen LogP) is 2.21. The Morgan fingerprint density at radius 1 is 1.11 bits per heavy atom. The molecule has 2 aliphatic rings. The van der Waals surface area contributed by atoms with Gasteiger partial charge in [-0.3, -0.25) is 0 Å². The lowest BCUT2D eigenvalue weighted by atomic mass is 9.97. The van der Waals surface area contributed by atoms with E-state index in [0.717, 1.165) is 36.3 Å². The highest BCUT2D eigenvalue weighted by Crippen LogP contribution is 2.39. The minimum Gasteiger partial charge on any atom is -0.379 e. The van der Waals surface area contributed by atoms with E-state index in [1.165, 1.54) is 32.1 Å². The van der Waals surface area contributed by atoms with Crippen molar-refractivity contribution in [3.05, 3.63) is 0 Å². The molecule has 112 valence electrons. The number of hydrogen-bond donors (Lipinski definition) is 0. The third kappa shape index (κ3) is 3.64. The summed E-state index contributed by atoms with van der Waals surface area (Å²) in [4.78, 5) is 0. The molecule has 2 rings (SSSR count). The largest absolute Gasteiger partial charge is 0.379 e. The van der Waals surface area contributed by atoms with Crippen molar-refractivity contribution in [1.29, 1.82) is 0 Å². The molecule has 19 heavy (non-hydrogen) atoms. The second kappa shape index (κ2) is 6.60. The summed E-state index contributed by atoms with van der Waals surface area (Å²) in [5.41, 5.74) is 0. The first-order chi connectivity index (χ1) is 8.99. The zero-order valence-electron chi connectivity index (χ0n) is 12.7. The molecule has 0 aromatic rings. The van der Waals surface area contributed by atoms with Crippen molar-refractivity contribution < 1.29 is 9.47 Å². The summed E-state index contributed by atoms with van der Waals surface area (Å²) in [6.07, 6.45) is 8.40. The van der Waals surface area contributed by atoms with Gasteiger partial charge in [0.2, 0.25) is 0 Å². The Labute approximate surface area is 127 Å². The highest BCUT2D eigenvalue weighted by Gasteiger charge is 2.44. The highest BCUT2D eigenvalue weighted by molar-refractivity contribution is 6.59. The van der Waals surface area contributed by atoms with Crippen LogP contribution in [0.1, 0.15) is 44.9 Å². The first kappa shape index (κ1) is 16.0. The fourth-order valence-electron chi connectivity index (χ4n) is 3.45.